The molecule has 8 heteroatoms. The van der Waals surface area contributed by atoms with E-state index in [1.165, 1.54) is 0 Å². The summed E-state index contributed by atoms with van der Waals surface area (Å²) < 4.78 is 10.2. The number of carbonyl (C=O) groups excluding carboxylic acids is 1. The number of anilines is 1. The lowest BCUT2D eigenvalue weighted by Crippen LogP contribution is -2.40. The van der Waals surface area contributed by atoms with Crippen LogP contribution in [0, 0.1) is 0 Å². The van der Waals surface area contributed by atoms with Crippen molar-refractivity contribution >= 4 is 11.9 Å². The summed E-state index contributed by atoms with van der Waals surface area (Å²) in [6.45, 7) is 2.83. The number of hydrogen-bond donors (Lipinski definition) is 2. The van der Waals surface area contributed by atoms with Crippen molar-refractivity contribution in [2.45, 2.75) is 37.8 Å². The third-order valence-corrected chi connectivity index (χ3v) is 4.40. The highest BCUT2D eigenvalue weighted by atomic mass is 16.6. The first-order valence-corrected chi connectivity index (χ1v) is 8.43. The van der Waals surface area contributed by atoms with Gasteiger partial charge in [-0.05, 0) is 19.3 Å². The number of methoxy groups -OCH3 is 1. The number of cyclic esters (lactones) is 1. The molecular weight excluding hydrogens is 310 g/mol. The van der Waals surface area contributed by atoms with E-state index >= 15 is 0 Å². The first-order chi connectivity index (χ1) is 11.7. The molecule has 2 aliphatic rings. The van der Waals surface area contributed by atoms with E-state index < -0.39 is 0 Å². The first kappa shape index (κ1) is 16.9. The summed E-state index contributed by atoms with van der Waals surface area (Å²) in [6.07, 6.45) is 2.56. The fourth-order valence-electron chi connectivity index (χ4n) is 3.03. The van der Waals surface area contributed by atoms with E-state index in [9.17, 15) is 4.79 Å². The summed E-state index contributed by atoms with van der Waals surface area (Å²) in [5.74, 6) is 1.82. The maximum atomic E-state index is 11.6. The van der Waals surface area contributed by atoms with Crippen LogP contribution in [0.5, 0.6) is 0 Å². The van der Waals surface area contributed by atoms with Crippen molar-refractivity contribution in [2.24, 2.45) is 5.73 Å². The molecule has 1 aromatic rings. The average molecular weight is 335 g/mol. The summed E-state index contributed by atoms with van der Waals surface area (Å²) in [6, 6.07) is 2.25. The van der Waals surface area contributed by atoms with Crippen LogP contribution in [0.3, 0.4) is 0 Å². The summed E-state index contributed by atoms with van der Waals surface area (Å²) in [5, 5.41) is 3.28. The quantitative estimate of drug-likeness (QED) is 0.768. The minimum absolute atomic E-state index is 0.241. The molecule has 0 unspecified atom stereocenters. The zero-order chi connectivity index (χ0) is 16.9. The molecule has 24 heavy (non-hydrogen) atoms. The molecular formula is C16H25N5O3. The smallest absolute Gasteiger partial charge is 0.409 e. The molecule has 0 radical (unpaired) electrons. The van der Waals surface area contributed by atoms with Gasteiger partial charge in [0.1, 0.15) is 12.4 Å². The van der Waals surface area contributed by atoms with Crippen LogP contribution in [0.4, 0.5) is 10.6 Å². The van der Waals surface area contributed by atoms with E-state index in [-0.39, 0.29) is 12.1 Å². The number of carbonyl (C=O) groups is 1. The molecule has 0 spiro atoms. The molecule has 1 saturated heterocycles. The Hall–Kier alpha value is -1.93. The Morgan fingerprint density at radius 3 is 3.00 bits per heavy atom. The molecule has 1 amide bonds. The second-order valence-corrected chi connectivity index (χ2v) is 6.34. The molecule has 132 valence electrons. The fourth-order valence-corrected chi connectivity index (χ4v) is 3.03. The van der Waals surface area contributed by atoms with E-state index in [1.807, 2.05) is 6.07 Å². The van der Waals surface area contributed by atoms with Gasteiger partial charge in [-0.25, -0.2) is 14.8 Å². The zero-order valence-electron chi connectivity index (χ0n) is 14.0. The van der Waals surface area contributed by atoms with E-state index in [2.05, 4.69) is 15.3 Å². The molecule has 2 heterocycles. The van der Waals surface area contributed by atoms with Gasteiger partial charge < -0.3 is 25.4 Å². The second-order valence-electron chi connectivity index (χ2n) is 6.34. The molecule has 8 nitrogen and oxygen atoms in total. The summed E-state index contributed by atoms with van der Waals surface area (Å²) in [7, 11) is 1.63. The highest BCUT2D eigenvalue weighted by molar-refractivity contribution is 5.68. The third-order valence-electron chi connectivity index (χ3n) is 4.40. The summed E-state index contributed by atoms with van der Waals surface area (Å²) in [4.78, 5) is 22.4. The van der Waals surface area contributed by atoms with E-state index in [0.29, 0.717) is 38.0 Å². The van der Waals surface area contributed by atoms with Gasteiger partial charge in [0.2, 0.25) is 0 Å². The number of nitrogens with one attached hydrogen (secondary N) is 1. The molecule has 3 N–H and O–H groups in total. The lowest BCUT2D eigenvalue weighted by molar-refractivity contribution is 0.0746. The first-order valence-electron chi connectivity index (χ1n) is 8.43. The minimum Gasteiger partial charge on any atom is -0.449 e. The summed E-state index contributed by atoms with van der Waals surface area (Å²) in [5.41, 5.74) is 6.90. The molecule has 1 saturated carbocycles. The summed E-state index contributed by atoms with van der Waals surface area (Å²) >= 11 is 0. The molecule has 3 rings (SSSR count). The van der Waals surface area contributed by atoms with Crippen molar-refractivity contribution in [3.8, 4) is 0 Å². The SMILES string of the molecule is COCc1nc(NCCN2CCCOC2=O)cc(C2CC(N)C2)n1. The standard InChI is InChI=1S/C16H25N5O3/c1-23-10-15-19-13(11-7-12(17)8-11)9-14(20-15)18-3-5-21-4-2-6-24-16(21)22/h9,11-12H,2-8,10,17H2,1H3,(H,18,19,20). The number of nitrogens with two attached hydrogens (primary N) is 1. The van der Waals surface area contributed by atoms with Crippen molar-refractivity contribution in [3.63, 3.8) is 0 Å². The highest BCUT2D eigenvalue weighted by Crippen LogP contribution is 2.35. The van der Waals surface area contributed by atoms with Crippen molar-refractivity contribution in [1.29, 1.82) is 0 Å². The maximum absolute atomic E-state index is 11.6. The number of amides is 1. The lowest BCUT2D eigenvalue weighted by atomic mass is 9.78. The Morgan fingerprint density at radius 1 is 1.46 bits per heavy atom. The van der Waals surface area contributed by atoms with E-state index in [1.54, 1.807) is 12.0 Å². The second kappa shape index (κ2) is 7.76. The van der Waals surface area contributed by atoms with Gasteiger partial charge in [-0.1, -0.05) is 0 Å². The Kier molecular flexibility index (Phi) is 5.47. The van der Waals surface area contributed by atoms with Gasteiger partial charge in [-0.15, -0.1) is 0 Å². The number of aromatic nitrogens is 2. The largest absolute Gasteiger partial charge is 0.449 e. The van der Waals surface area contributed by atoms with Gasteiger partial charge in [0, 0.05) is 50.5 Å². The van der Waals surface area contributed by atoms with Crippen molar-refractivity contribution in [1.82, 2.24) is 14.9 Å². The molecule has 2 fully saturated rings. The van der Waals surface area contributed by atoms with Crippen LogP contribution >= 0.6 is 0 Å². The Balaban J connectivity index is 1.60. The van der Waals surface area contributed by atoms with Gasteiger partial charge in [0.25, 0.3) is 0 Å². The molecule has 1 aliphatic heterocycles. The molecule has 1 aliphatic carbocycles. The van der Waals surface area contributed by atoms with Gasteiger partial charge in [-0.3, -0.25) is 0 Å². The Labute approximate surface area is 141 Å². The maximum Gasteiger partial charge on any atom is 0.409 e. The molecule has 1 aromatic heterocycles. The number of ether oxygens (including phenoxy) is 2. The Morgan fingerprint density at radius 2 is 2.29 bits per heavy atom. The number of rotatable bonds is 7. The molecule has 0 bridgehead atoms. The Bertz CT molecular complexity index is 577. The lowest BCUT2D eigenvalue weighted by Gasteiger charge is -2.32. The van der Waals surface area contributed by atoms with Crippen LogP contribution in [-0.2, 0) is 16.1 Å². The van der Waals surface area contributed by atoms with Crippen LogP contribution in [-0.4, -0.2) is 60.4 Å². The average Bonchev–Trinajstić information content (AvgIpc) is 2.54. The normalized spacial score (nSPS) is 23.6. The minimum atomic E-state index is -0.241. The highest BCUT2D eigenvalue weighted by Gasteiger charge is 2.29. The van der Waals surface area contributed by atoms with Gasteiger partial charge in [-0.2, -0.15) is 0 Å². The predicted molar refractivity (Wildman–Crippen MR) is 88.7 cm³/mol. The number of hydrogen-bond acceptors (Lipinski definition) is 7. The topological polar surface area (TPSA) is 103 Å². The van der Waals surface area contributed by atoms with Crippen LogP contribution in [0.15, 0.2) is 6.07 Å². The van der Waals surface area contributed by atoms with Gasteiger partial charge in [0.05, 0.1) is 6.61 Å². The number of nitrogens with zero attached hydrogens (tertiary/aromatic N) is 3. The third kappa shape index (κ3) is 4.12. The van der Waals surface area contributed by atoms with E-state index in [0.717, 1.165) is 37.3 Å². The molecule has 0 aromatic carbocycles. The fraction of sp³-hybridized carbons (Fsp3) is 0.688. The monoisotopic (exact) mass is 335 g/mol. The van der Waals surface area contributed by atoms with Crippen LogP contribution in [0.2, 0.25) is 0 Å². The van der Waals surface area contributed by atoms with Crippen molar-refractivity contribution in [3.05, 3.63) is 17.6 Å². The zero-order valence-corrected chi connectivity index (χ0v) is 14.0. The predicted octanol–water partition coefficient (Wildman–Crippen LogP) is 1.08. The van der Waals surface area contributed by atoms with Crippen molar-refractivity contribution < 1.29 is 14.3 Å². The molecule has 0 atom stereocenters. The van der Waals surface area contributed by atoms with Crippen LogP contribution < -0.4 is 11.1 Å². The van der Waals surface area contributed by atoms with Gasteiger partial charge >= 0.3 is 6.09 Å². The van der Waals surface area contributed by atoms with Crippen LogP contribution in [0.25, 0.3) is 0 Å². The van der Waals surface area contributed by atoms with Crippen molar-refractivity contribution in [2.75, 3.05) is 38.7 Å². The van der Waals surface area contributed by atoms with Gasteiger partial charge in [0.15, 0.2) is 5.82 Å². The van der Waals surface area contributed by atoms with Crippen LogP contribution in [0.1, 0.15) is 36.7 Å². The van der Waals surface area contributed by atoms with E-state index in [4.69, 9.17) is 15.2 Å².